The smallest absolute Gasteiger partial charge is 0.259 e. The number of rotatable bonds is 20. The van der Waals surface area contributed by atoms with E-state index in [-0.39, 0.29) is 24.3 Å². The highest BCUT2D eigenvalue weighted by Gasteiger charge is 2.26. The van der Waals surface area contributed by atoms with Crippen molar-refractivity contribution in [3.8, 4) is 6.07 Å². The monoisotopic (exact) mass is 461 g/mol. The van der Waals surface area contributed by atoms with Crippen LogP contribution >= 0.6 is 8.53 Å². The highest BCUT2D eigenvalue weighted by Crippen LogP contribution is 2.46. The van der Waals surface area contributed by atoms with Gasteiger partial charge in [-0.3, -0.25) is 4.79 Å². The van der Waals surface area contributed by atoms with Gasteiger partial charge in [0.25, 0.3) is 8.53 Å². The zero-order chi connectivity index (χ0) is 23.5. The lowest BCUT2D eigenvalue weighted by atomic mass is 10.2. The molecule has 0 saturated heterocycles. The summed E-state index contributed by atoms with van der Waals surface area (Å²) in [6.45, 7) is 15.1. The first-order valence-corrected chi connectivity index (χ1v) is 12.7. The molecule has 0 heterocycles. The Bertz CT molecular complexity index is 474. The number of hydrogen-bond donors (Lipinski definition) is 1. The van der Waals surface area contributed by atoms with Gasteiger partial charge >= 0.3 is 0 Å². The highest BCUT2D eigenvalue weighted by molar-refractivity contribution is 7.44. The summed E-state index contributed by atoms with van der Waals surface area (Å²) >= 11 is 0. The Morgan fingerprint density at radius 1 is 1.00 bits per heavy atom. The van der Waals surface area contributed by atoms with Gasteiger partial charge in [-0.15, -0.1) is 0 Å². The molecule has 182 valence electrons. The van der Waals surface area contributed by atoms with Crippen LogP contribution in [0.2, 0.25) is 0 Å². The molecular formula is C22H44N3O5P. The van der Waals surface area contributed by atoms with Crippen molar-refractivity contribution < 1.29 is 23.3 Å². The average molecular weight is 462 g/mol. The van der Waals surface area contributed by atoms with E-state index in [1.807, 2.05) is 13.8 Å². The zero-order valence-corrected chi connectivity index (χ0v) is 21.3. The second kappa shape index (κ2) is 19.8. The van der Waals surface area contributed by atoms with Crippen molar-refractivity contribution in [2.75, 3.05) is 33.0 Å². The molecule has 9 heteroatoms. The van der Waals surface area contributed by atoms with Crippen LogP contribution in [0.5, 0.6) is 0 Å². The van der Waals surface area contributed by atoms with E-state index in [1.165, 1.54) is 0 Å². The third-order valence-electron chi connectivity index (χ3n) is 4.31. The number of unbranched alkanes of at least 4 members (excludes halogenated alkanes) is 1. The van der Waals surface area contributed by atoms with Crippen molar-refractivity contribution in [1.82, 2.24) is 9.99 Å². The van der Waals surface area contributed by atoms with E-state index in [1.54, 1.807) is 0 Å². The number of nitrogens with zero attached hydrogens (tertiary/aromatic N) is 2. The fourth-order valence-electron chi connectivity index (χ4n) is 3.02. The van der Waals surface area contributed by atoms with Crippen molar-refractivity contribution in [3.05, 3.63) is 0 Å². The summed E-state index contributed by atoms with van der Waals surface area (Å²) in [5.41, 5.74) is 0. The Morgan fingerprint density at radius 2 is 1.61 bits per heavy atom. The Labute approximate surface area is 190 Å². The Morgan fingerprint density at radius 3 is 2.16 bits per heavy atom. The van der Waals surface area contributed by atoms with Crippen LogP contribution < -0.4 is 5.32 Å². The van der Waals surface area contributed by atoms with E-state index in [0.29, 0.717) is 45.8 Å². The van der Waals surface area contributed by atoms with Crippen LogP contribution in [0.1, 0.15) is 80.1 Å². The highest BCUT2D eigenvalue weighted by atomic mass is 31.2. The molecule has 1 unspecified atom stereocenters. The maximum absolute atomic E-state index is 12.0. The lowest BCUT2D eigenvalue weighted by molar-refractivity contribution is -0.140. The van der Waals surface area contributed by atoms with Gasteiger partial charge in [-0.25, -0.2) is 4.67 Å². The summed E-state index contributed by atoms with van der Waals surface area (Å²) in [4.78, 5) is 12.0. The standard InChI is InChI=1S/C22H44N3O5P/c1-7-27-22(28-8-2)14-11-16-24-21(26)13-9-10-17-29-31(30-18-12-15-23)25(19(3)4)20(5)6/h19-20,22H,7-14,16-18H2,1-6H3,(H,24,26). The van der Waals surface area contributed by atoms with Crippen molar-refractivity contribution in [3.63, 3.8) is 0 Å². The number of carbonyl (C=O) groups is 1. The predicted molar refractivity (Wildman–Crippen MR) is 124 cm³/mol. The SMILES string of the molecule is CCOC(CCCNC(=O)CCCCOP(OCCC#N)N(C(C)C)C(C)C)OCC. The summed E-state index contributed by atoms with van der Waals surface area (Å²) in [6.07, 6.45) is 3.78. The van der Waals surface area contributed by atoms with Crippen molar-refractivity contribution in [2.24, 2.45) is 0 Å². The lowest BCUT2D eigenvalue weighted by Gasteiger charge is -2.35. The quantitative estimate of drug-likeness (QED) is 0.159. The molecule has 0 aromatic rings. The van der Waals surface area contributed by atoms with Crippen LogP contribution in [0.15, 0.2) is 0 Å². The molecule has 8 nitrogen and oxygen atoms in total. The summed E-state index contributed by atoms with van der Waals surface area (Å²) in [5.74, 6) is 0.0582. The topological polar surface area (TPSA) is 93.1 Å². The van der Waals surface area contributed by atoms with Crippen molar-refractivity contribution >= 4 is 14.4 Å². The largest absolute Gasteiger partial charge is 0.356 e. The van der Waals surface area contributed by atoms with Gasteiger partial charge in [0.2, 0.25) is 5.91 Å². The van der Waals surface area contributed by atoms with Gasteiger partial charge in [0.05, 0.1) is 25.7 Å². The van der Waals surface area contributed by atoms with E-state index < -0.39 is 8.53 Å². The molecule has 1 N–H and O–H groups in total. The minimum atomic E-state index is -1.21. The molecule has 0 aliphatic heterocycles. The first-order valence-electron chi connectivity index (χ1n) is 11.6. The fourth-order valence-corrected chi connectivity index (χ4v) is 4.64. The van der Waals surface area contributed by atoms with Gasteiger partial charge in [-0.05, 0) is 60.8 Å². The molecule has 0 aliphatic rings. The lowest BCUT2D eigenvalue weighted by Crippen LogP contribution is -2.33. The first kappa shape index (κ1) is 30.2. The van der Waals surface area contributed by atoms with Crippen LogP contribution in [0, 0.1) is 11.3 Å². The second-order valence-electron chi connectivity index (χ2n) is 7.67. The van der Waals surface area contributed by atoms with Crippen molar-refractivity contribution in [1.29, 1.82) is 5.26 Å². The third-order valence-corrected chi connectivity index (χ3v) is 6.41. The molecule has 0 saturated carbocycles. The van der Waals surface area contributed by atoms with E-state index >= 15 is 0 Å². The molecule has 1 amide bonds. The van der Waals surface area contributed by atoms with Crippen LogP contribution in [-0.4, -0.2) is 61.9 Å². The fraction of sp³-hybridized carbons (Fsp3) is 0.909. The normalized spacial score (nSPS) is 12.7. The number of hydrogen-bond acceptors (Lipinski definition) is 7. The number of nitriles is 1. The molecule has 0 aromatic carbocycles. The van der Waals surface area contributed by atoms with Gasteiger partial charge in [0, 0.05) is 44.7 Å². The van der Waals surface area contributed by atoms with E-state index in [0.717, 1.165) is 25.7 Å². The van der Waals surface area contributed by atoms with Crippen LogP contribution in [0.25, 0.3) is 0 Å². The summed E-state index contributed by atoms with van der Waals surface area (Å²) in [7, 11) is -1.21. The summed E-state index contributed by atoms with van der Waals surface area (Å²) < 4.78 is 25.1. The molecule has 0 spiro atoms. The molecule has 1 atom stereocenters. The third kappa shape index (κ3) is 15.6. The number of ether oxygens (including phenoxy) is 2. The van der Waals surface area contributed by atoms with Gasteiger partial charge in [-0.2, -0.15) is 5.26 Å². The van der Waals surface area contributed by atoms with Crippen LogP contribution in [-0.2, 0) is 23.3 Å². The van der Waals surface area contributed by atoms with Crippen LogP contribution in [0.3, 0.4) is 0 Å². The Hall–Kier alpha value is -0.810. The number of amides is 1. The molecule has 0 fully saturated rings. The molecule has 0 radical (unpaired) electrons. The maximum atomic E-state index is 12.0. The number of carbonyl (C=O) groups excluding carboxylic acids is 1. The molecule has 0 aliphatic carbocycles. The maximum Gasteiger partial charge on any atom is 0.259 e. The Kier molecular flexibility index (Phi) is 19.3. The van der Waals surface area contributed by atoms with Crippen LogP contribution in [0.4, 0.5) is 0 Å². The summed E-state index contributed by atoms with van der Waals surface area (Å²) in [5, 5.41) is 11.7. The minimum absolute atomic E-state index is 0.0582. The molecule has 0 bridgehead atoms. The predicted octanol–water partition coefficient (Wildman–Crippen LogP) is 4.74. The van der Waals surface area contributed by atoms with Gasteiger partial charge in [0.1, 0.15) is 0 Å². The summed E-state index contributed by atoms with van der Waals surface area (Å²) in [6, 6.07) is 2.66. The molecular weight excluding hydrogens is 417 g/mol. The zero-order valence-electron chi connectivity index (χ0n) is 20.4. The second-order valence-corrected chi connectivity index (χ2v) is 9.12. The van der Waals surface area contributed by atoms with E-state index in [2.05, 4.69) is 43.8 Å². The molecule has 0 rings (SSSR count). The van der Waals surface area contributed by atoms with Gasteiger partial charge < -0.3 is 23.8 Å². The first-order chi connectivity index (χ1) is 14.9. The minimum Gasteiger partial charge on any atom is -0.356 e. The Balaban J connectivity index is 4.12. The van der Waals surface area contributed by atoms with Gasteiger partial charge in [-0.1, -0.05) is 0 Å². The van der Waals surface area contributed by atoms with Crippen molar-refractivity contribution in [2.45, 2.75) is 98.4 Å². The number of nitrogens with one attached hydrogen (secondary N) is 1. The molecule has 0 aromatic heterocycles. The average Bonchev–Trinajstić information content (AvgIpc) is 2.70. The molecule has 31 heavy (non-hydrogen) atoms. The van der Waals surface area contributed by atoms with E-state index in [4.69, 9.17) is 23.8 Å². The van der Waals surface area contributed by atoms with Gasteiger partial charge in [0.15, 0.2) is 6.29 Å². The van der Waals surface area contributed by atoms with E-state index in [9.17, 15) is 4.79 Å².